The second-order valence-electron chi connectivity index (χ2n) is 10.4. The molecular weight excluding hydrogens is 498 g/mol. The Labute approximate surface area is 234 Å². The molecular formula is C30H47N3O4S. The van der Waals surface area contributed by atoms with E-state index in [2.05, 4.69) is 30.4 Å². The molecule has 0 bridgehead atoms. The highest BCUT2D eigenvalue weighted by Gasteiger charge is 2.36. The second-order valence-corrected chi connectivity index (χ2v) is 11.3. The lowest BCUT2D eigenvalue weighted by Crippen LogP contribution is -2.53. The summed E-state index contributed by atoms with van der Waals surface area (Å²) in [5, 5.41) is 5.80. The van der Waals surface area contributed by atoms with Crippen molar-refractivity contribution in [1.82, 2.24) is 15.5 Å². The number of thioether (sulfide) groups is 1. The Hall–Kier alpha value is -2.66. The summed E-state index contributed by atoms with van der Waals surface area (Å²) in [6, 6.07) is 5.49. The SMILES string of the molecule is C#Cc1ccccc1C(C(=O)NCCCCC)N(CCCCC)C(=O)C(CCSC)NC(=O)OC(C)(C)C. The molecule has 0 fully saturated rings. The van der Waals surface area contributed by atoms with Crippen molar-refractivity contribution in [1.29, 1.82) is 0 Å². The van der Waals surface area contributed by atoms with Crippen LogP contribution >= 0.6 is 11.8 Å². The monoisotopic (exact) mass is 545 g/mol. The van der Waals surface area contributed by atoms with Gasteiger partial charge in [-0.2, -0.15) is 11.8 Å². The number of amides is 3. The molecule has 0 radical (unpaired) electrons. The first-order chi connectivity index (χ1) is 18.1. The summed E-state index contributed by atoms with van der Waals surface area (Å²) in [5.74, 6) is 2.75. The average Bonchev–Trinajstić information content (AvgIpc) is 2.87. The Morgan fingerprint density at radius 2 is 1.74 bits per heavy atom. The number of carbonyl (C=O) groups excluding carboxylic acids is 3. The Morgan fingerprint density at radius 3 is 2.34 bits per heavy atom. The Kier molecular flexibility index (Phi) is 15.6. The normalized spacial score (nSPS) is 12.7. The fourth-order valence-corrected chi connectivity index (χ4v) is 4.51. The zero-order valence-corrected chi connectivity index (χ0v) is 24.9. The molecule has 0 spiro atoms. The third-order valence-corrected chi connectivity index (χ3v) is 6.58. The number of terminal acetylenes is 1. The molecule has 1 aromatic carbocycles. The van der Waals surface area contributed by atoms with Gasteiger partial charge in [0.1, 0.15) is 17.7 Å². The summed E-state index contributed by atoms with van der Waals surface area (Å²) in [7, 11) is 0. The molecule has 0 heterocycles. The number of hydrogen-bond acceptors (Lipinski definition) is 5. The van der Waals surface area contributed by atoms with Gasteiger partial charge in [-0.25, -0.2) is 4.79 Å². The number of nitrogens with zero attached hydrogens (tertiary/aromatic N) is 1. The molecule has 2 atom stereocenters. The third-order valence-electron chi connectivity index (χ3n) is 5.94. The second kappa shape index (κ2) is 17.8. The quantitative estimate of drug-likeness (QED) is 0.206. The van der Waals surface area contributed by atoms with Gasteiger partial charge in [0, 0.05) is 18.7 Å². The van der Waals surface area contributed by atoms with Crippen molar-refractivity contribution in [2.24, 2.45) is 0 Å². The molecule has 0 aromatic heterocycles. The zero-order chi connectivity index (χ0) is 28.6. The molecule has 7 nitrogen and oxygen atoms in total. The van der Waals surface area contributed by atoms with Gasteiger partial charge in [0.25, 0.3) is 0 Å². The maximum absolute atomic E-state index is 14.2. The average molecular weight is 546 g/mol. The summed E-state index contributed by atoms with van der Waals surface area (Å²) in [4.78, 5) is 42.1. The van der Waals surface area contributed by atoms with E-state index in [1.165, 1.54) is 0 Å². The molecule has 38 heavy (non-hydrogen) atoms. The minimum atomic E-state index is -0.912. The summed E-state index contributed by atoms with van der Waals surface area (Å²) >= 11 is 1.58. The van der Waals surface area contributed by atoms with Crippen molar-refractivity contribution in [2.75, 3.05) is 25.1 Å². The minimum absolute atomic E-state index is 0.269. The molecule has 8 heteroatoms. The number of ether oxygens (including phenoxy) is 1. The van der Waals surface area contributed by atoms with E-state index in [4.69, 9.17) is 11.2 Å². The highest BCUT2D eigenvalue weighted by Crippen LogP contribution is 2.27. The van der Waals surface area contributed by atoms with Gasteiger partial charge in [0.05, 0.1) is 0 Å². The van der Waals surface area contributed by atoms with E-state index in [0.717, 1.165) is 38.5 Å². The van der Waals surface area contributed by atoms with Gasteiger partial charge in [0.15, 0.2) is 0 Å². The van der Waals surface area contributed by atoms with E-state index in [0.29, 0.717) is 36.4 Å². The van der Waals surface area contributed by atoms with E-state index < -0.39 is 23.8 Å². The van der Waals surface area contributed by atoms with Crippen molar-refractivity contribution in [2.45, 2.75) is 97.2 Å². The van der Waals surface area contributed by atoms with Gasteiger partial charge >= 0.3 is 6.09 Å². The standard InChI is InChI=1S/C30H47N3O4S/c1-8-11-15-20-31-27(34)26(24-18-14-13-17-23(24)10-3)33(21-16-12-9-2)28(35)25(19-22-38-7)32-29(36)37-30(4,5)6/h3,13-14,17-18,25-26H,8-9,11-12,15-16,19-22H2,1-2,4-7H3,(H,31,34)(H,32,36). The number of benzene rings is 1. The molecule has 0 aliphatic heterocycles. The summed E-state index contributed by atoms with van der Waals surface area (Å²) in [5.41, 5.74) is 0.467. The van der Waals surface area contributed by atoms with Gasteiger partial charge in [-0.1, -0.05) is 63.7 Å². The van der Waals surface area contributed by atoms with E-state index in [-0.39, 0.29) is 11.8 Å². The van der Waals surface area contributed by atoms with Crippen LogP contribution in [0.15, 0.2) is 24.3 Å². The van der Waals surface area contributed by atoms with Crippen molar-refractivity contribution < 1.29 is 19.1 Å². The maximum atomic E-state index is 14.2. The molecule has 1 aromatic rings. The van der Waals surface area contributed by atoms with Crippen LogP contribution in [0.5, 0.6) is 0 Å². The molecule has 2 unspecified atom stereocenters. The topological polar surface area (TPSA) is 87.7 Å². The highest BCUT2D eigenvalue weighted by atomic mass is 32.2. The fraction of sp³-hybridized carbons (Fsp3) is 0.633. The lowest BCUT2D eigenvalue weighted by molar-refractivity contribution is -0.142. The van der Waals surface area contributed by atoms with E-state index in [1.807, 2.05) is 24.5 Å². The van der Waals surface area contributed by atoms with Crippen LogP contribution in [0.1, 0.15) is 96.7 Å². The molecule has 0 aliphatic carbocycles. The van der Waals surface area contributed by atoms with Gasteiger partial charge in [-0.15, -0.1) is 6.42 Å². The number of carbonyl (C=O) groups is 3. The molecule has 0 aliphatic rings. The first-order valence-electron chi connectivity index (χ1n) is 13.7. The van der Waals surface area contributed by atoms with Crippen molar-refractivity contribution in [3.63, 3.8) is 0 Å². The van der Waals surface area contributed by atoms with Crippen molar-refractivity contribution in [3.8, 4) is 12.3 Å². The lowest BCUT2D eigenvalue weighted by atomic mass is 9.97. The van der Waals surface area contributed by atoms with E-state index >= 15 is 0 Å². The van der Waals surface area contributed by atoms with Gasteiger partial charge in [0.2, 0.25) is 11.8 Å². The number of alkyl carbamates (subject to hydrolysis) is 1. The first-order valence-corrected chi connectivity index (χ1v) is 15.1. The number of nitrogens with one attached hydrogen (secondary N) is 2. The van der Waals surface area contributed by atoms with Crippen LogP contribution in [-0.4, -0.2) is 59.5 Å². The molecule has 212 valence electrons. The third kappa shape index (κ3) is 11.8. The first kappa shape index (κ1) is 33.4. The largest absolute Gasteiger partial charge is 0.444 e. The summed E-state index contributed by atoms with van der Waals surface area (Å²) in [6.07, 6.45) is 13.0. The predicted molar refractivity (Wildman–Crippen MR) is 157 cm³/mol. The van der Waals surface area contributed by atoms with Crippen LogP contribution in [-0.2, 0) is 14.3 Å². The molecule has 2 N–H and O–H groups in total. The van der Waals surface area contributed by atoms with Crippen LogP contribution in [0.4, 0.5) is 4.79 Å². The Morgan fingerprint density at radius 1 is 1.08 bits per heavy atom. The Bertz CT molecular complexity index is 923. The molecule has 0 saturated carbocycles. The van der Waals surface area contributed by atoms with Crippen LogP contribution in [0.25, 0.3) is 0 Å². The Balaban J connectivity index is 3.48. The van der Waals surface area contributed by atoms with Gasteiger partial charge in [-0.3, -0.25) is 9.59 Å². The van der Waals surface area contributed by atoms with E-state index in [9.17, 15) is 14.4 Å². The predicted octanol–water partition coefficient (Wildman–Crippen LogP) is 5.68. The van der Waals surface area contributed by atoms with Gasteiger partial charge in [-0.05, 0) is 63.7 Å². The van der Waals surface area contributed by atoms with Crippen molar-refractivity contribution in [3.05, 3.63) is 35.4 Å². The molecule has 0 saturated heterocycles. The molecule has 3 amide bonds. The fourth-order valence-electron chi connectivity index (χ4n) is 4.04. The number of rotatable bonds is 16. The minimum Gasteiger partial charge on any atom is -0.444 e. The van der Waals surface area contributed by atoms with Crippen molar-refractivity contribution >= 4 is 29.7 Å². The highest BCUT2D eigenvalue weighted by molar-refractivity contribution is 7.98. The summed E-state index contributed by atoms with van der Waals surface area (Å²) < 4.78 is 5.45. The van der Waals surface area contributed by atoms with Crippen LogP contribution in [0.3, 0.4) is 0 Å². The maximum Gasteiger partial charge on any atom is 0.408 e. The van der Waals surface area contributed by atoms with Crippen LogP contribution in [0.2, 0.25) is 0 Å². The smallest absolute Gasteiger partial charge is 0.408 e. The van der Waals surface area contributed by atoms with Gasteiger partial charge < -0.3 is 20.3 Å². The van der Waals surface area contributed by atoms with Crippen LogP contribution < -0.4 is 10.6 Å². The summed E-state index contributed by atoms with van der Waals surface area (Å²) in [6.45, 7) is 10.4. The van der Waals surface area contributed by atoms with Crippen LogP contribution in [0, 0.1) is 12.3 Å². The molecule has 1 rings (SSSR count). The number of hydrogen-bond donors (Lipinski definition) is 2. The number of unbranched alkanes of at least 4 members (excludes halogenated alkanes) is 4. The zero-order valence-electron chi connectivity index (χ0n) is 24.1. The lowest BCUT2D eigenvalue weighted by Gasteiger charge is -2.35. The van der Waals surface area contributed by atoms with E-state index in [1.54, 1.807) is 43.5 Å².